The van der Waals surface area contributed by atoms with Crippen molar-refractivity contribution < 1.29 is 9.53 Å². The molecule has 1 aromatic rings. The molecular weight excluding hydrogens is 242 g/mol. The fourth-order valence-electron chi connectivity index (χ4n) is 1.59. The molecule has 1 aromatic carbocycles. The number of nitrogens with two attached hydrogens (primary N) is 1. The van der Waals surface area contributed by atoms with Crippen molar-refractivity contribution in [1.29, 1.82) is 5.26 Å². The summed E-state index contributed by atoms with van der Waals surface area (Å²) >= 11 is 0. The van der Waals surface area contributed by atoms with E-state index in [1.165, 1.54) is 7.11 Å². The molecule has 0 bridgehead atoms. The van der Waals surface area contributed by atoms with Gasteiger partial charge >= 0.3 is 0 Å². The molecule has 0 aliphatic heterocycles. The molecule has 0 aliphatic carbocycles. The summed E-state index contributed by atoms with van der Waals surface area (Å²) in [7, 11) is 1.49. The first-order valence-electron chi connectivity index (χ1n) is 6.11. The number of nitrogens with one attached hydrogen (secondary N) is 1. The van der Waals surface area contributed by atoms with E-state index in [1.54, 1.807) is 25.1 Å². The zero-order chi connectivity index (χ0) is 14.5. The summed E-state index contributed by atoms with van der Waals surface area (Å²) in [5.41, 5.74) is 5.76. The Hall–Kier alpha value is -2.06. The van der Waals surface area contributed by atoms with Gasteiger partial charge in [-0.25, -0.2) is 0 Å². The van der Waals surface area contributed by atoms with E-state index in [1.807, 2.05) is 13.0 Å². The third kappa shape index (κ3) is 3.04. The van der Waals surface area contributed by atoms with E-state index in [2.05, 4.69) is 5.32 Å². The third-order valence-electron chi connectivity index (χ3n) is 3.38. The number of para-hydroxylation sites is 1. The molecule has 1 unspecified atom stereocenters. The van der Waals surface area contributed by atoms with Crippen molar-refractivity contribution in [3.05, 3.63) is 23.8 Å². The van der Waals surface area contributed by atoms with Crippen LogP contribution in [0, 0.1) is 16.7 Å². The van der Waals surface area contributed by atoms with Gasteiger partial charge in [0.05, 0.1) is 18.1 Å². The van der Waals surface area contributed by atoms with Crippen molar-refractivity contribution in [1.82, 2.24) is 0 Å². The van der Waals surface area contributed by atoms with Crippen molar-refractivity contribution in [3.8, 4) is 11.8 Å². The van der Waals surface area contributed by atoms with Crippen molar-refractivity contribution in [3.63, 3.8) is 0 Å². The molecule has 0 aromatic heterocycles. The van der Waals surface area contributed by atoms with Gasteiger partial charge in [-0.05, 0) is 25.5 Å². The summed E-state index contributed by atoms with van der Waals surface area (Å²) in [6.45, 7) is 3.94. The van der Waals surface area contributed by atoms with Crippen molar-refractivity contribution in [2.75, 3.05) is 19.0 Å². The monoisotopic (exact) mass is 261 g/mol. The maximum Gasteiger partial charge on any atom is 0.231 e. The van der Waals surface area contributed by atoms with Crippen LogP contribution >= 0.6 is 0 Å². The van der Waals surface area contributed by atoms with Crippen LogP contribution in [0.3, 0.4) is 0 Å². The summed E-state index contributed by atoms with van der Waals surface area (Å²) in [5, 5.41) is 11.8. The molecular formula is C14H19N3O2. The summed E-state index contributed by atoms with van der Waals surface area (Å²) < 4.78 is 5.17. The first-order valence-corrected chi connectivity index (χ1v) is 6.11. The van der Waals surface area contributed by atoms with Crippen LogP contribution in [0.5, 0.6) is 5.75 Å². The largest absolute Gasteiger partial charge is 0.495 e. The maximum atomic E-state index is 12.3. The van der Waals surface area contributed by atoms with E-state index in [9.17, 15) is 4.79 Å². The number of benzene rings is 1. The highest BCUT2D eigenvalue weighted by Crippen LogP contribution is 2.30. The smallest absolute Gasteiger partial charge is 0.231 e. The van der Waals surface area contributed by atoms with Crippen LogP contribution in [-0.2, 0) is 4.79 Å². The normalized spacial score (nSPS) is 13.2. The molecule has 0 fully saturated rings. The first kappa shape index (κ1) is 15.0. The van der Waals surface area contributed by atoms with Gasteiger partial charge in [0.15, 0.2) is 0 Å². The van der Waals surface area contributed by atoms with Crippen LogP contribution in [0.15, 0.2) is 18.2 Å². The van der Waals surface area contributed by atoms with Gasteiger partial charge in [0.1, 0.15) is 17.5 Å². The number of nitriles is 1. The minimum Gasteiger partial charge on any atom is -0.495 e. The Morgan fingerprint density at radius 3 is 2.74 bits per heavy atom. The van der Waals surface area contributed by atoms with Crippen LogP contribution in [-0.4, -0.2) is 19.6 Å². The molecule has 102 valence electrons. The van der Waals surface area contributed by atoms with Gasteiger partial charge in [-0.3, -0.25) is 4.79 Å². The van der Waals surface area contributed by atoms with Crippen molar-refractivity contribution in [2.24, 2.45) is 11.1 Å². The Bertz CT molecular complexity index is 502. The summed E-state index contributed by atoms with van der Waals surface area (Å²) in [5.74, 6) is 0.251. The van der Waals surface area contributed by atoms with E-state index in [0.29, 0.717) is 23.4 Å². The second-order valence-electron chi connectivity index (χ2n) is 4.57. The first-order chi connectivity index (χ1) is 9.02. The average Bonchev–Trinajstić information content (AvgIpc) is 2.46. The van der Waals surface area contributed by atoms with Gasteiger partial charge in [-0.15, -0.1) is 0 Å². The van der Waals surface area contributed by atoms with E-state index in [-0.39, 0.29) is 12.5 Å². The molecule has 5 nitrogen and oxygen atoms in total. The molecule has 5 heteroatoms. The molecule has 19 heavy (non-hydrogen) atoms. The third-order valence-corrected chi connectivity index (χ3v) is 3.38. The molecule has 1 amide bonds. The number of hydrogen-bond acceptors (Lipinski definition) is 4. The number of nitrogens with zero attached hydrogens (tertiary/aromatic N) is 1. The molecule has 1 atom stereocenters. The summed E-state index contributed by atoms with van der Waals surface area (Å²) in [6.07, 6.45) is 0.617. The molecule has 0 spiro atoms. The van der Waals surface area contributed by atoms with Crippen LogP contribution in [0.1, 0.15) is 25.8 Å². The molecule has 0 radical (unpaired) electrons. The zero-order valence-electron chi connectivity index (χ0n) is 11.5. The maximum absolute atomic E-state index is 12.3. The lowest BCUT2D eigenvalue weighted by Gasteiger charge is -2.25. The highest BCUT2D eigenvalue weighted by molar-refractivity contribution is 5.97. The lowest BCUT2D eigenvalue weighted by Crippen LogP contribution is -2.39. The van der Waals surface area contributed by atoms with E-state index < -0.39 is 5.41 Å². The Morgan fingerprint density at radius 2 is 2.26 bits per heavy atom. The molecule has 3 N–H and O–H groups in total. The Labute approximate surface area is 113 Å². The van der Waals surface area contributed by atoms with Gasteiger partial charge in [0.2, 0.25) is 5.91 Å². The highest BCUT2D eigenvalue weighted by atomic mass is 16.5. The standard InChI is InChI=1S/C14H19N3O2/c1-4-14(2,9-16)13(18)17-12-10(8-15)6-5-7-11(12)19-3/h5-7H,4,9,16H2,1-3H3,(H,17,18). The van der Waals surface area contributed by atoms with E-state index in [4.69, 9.17) is 15.7 Å². The fourth-order valence-corrected chi connectivity index (χ4v) is 1.59. The second-order valence-corrected chi connectivity index (χ2v) is 4.57. The SMILES string of the molecule is CCC(C)(CN)C(=O)Nc1c(C#N)cccc1OC. The second kappa shape index (κ2) is 6.21. The average molecular weight is 261 g/mol. The number of ether oxygens (including phenoxy) is 1. The van der Waals surface area contributed by atoms with Gasteiger partial charge < -0.3 is 15.8 Å². The Kier molecular flexibility index (Phi) is 4.90. The number of methoxy groups -OCH3 is 1. The number of amides is 1. The van der Waals surface area contributed by atoms with E-state index in [0.717, 1.165) is 0 Å². The number of rotatable bonds is 5. The fraction of sp³-hybridized carbons (Fsp3) is 0.429. The summed E-state index contributed by atoms with van der Waals surface area (Å²) in [6, 6.07) is 7.07. The van der Waals surface area contributed by atoms with Gasteiger partial charge in [-0.1, -0.05) is 13.0 Å². The minimum absolute atomic E-state index is 0.210. The highest BCUT2D eigenvalue weighted by Gasteiger charge is 2.30. The van der Waals surface area contributed by atoms with Crippen LogP contribution < -0.4 is 15.8 Å². The van der Waals surface area contributed by atoms with Crippen LogP contribution in [0.2, 0.25) is 0 Å². The summed E-state index contributed by atoms with van der Waals surface area (Å²) in [4.78, 5) is 12.3. The topological polar surface area (TPSA) is 88.1 Å². The van der Waals surface area contributed by atoms with Crippen LogP contribution in [0.25, 0.3) is 0 Å². The minimum atomic E-state index is -0.659. The molecule has 0 saturated heterocycles. The molecule has 0 heterocycles. The molecule has 0 saturated carbocycles. The predicted molar refractivity (Wildman–Crippen MR) is 73.8 cm³/mol. The van der Waals surface area contributed by atoms with Gasteiger partial charge in [0, 0.05) is 6.54 Å². The number of anilines is 1. The number of carbonyl (C=O) groups is 1. The number of hydrogen-bond donors (Lipinski definition) is 2. The molecule has 0 aliphatic rings. The Morgan fingerprint density at radius 1 is 1.58 bits per heavy atom. The Balaban J connectivity index is 3.13. The predicted octanol–water partition coefficient (Wildman–Crippen LogP) is 1.88. The van der Waals surface area contributed by atoms with Crippen molar-refractivity contribution in [2.45, 2.75) is 20.3 Å². The molecule has 1 rings (SSSR count). The lowest BCUT2D eigenvalue weighted by molar-refractivity contribution is -0.124. The lowest BCUT2D eigenvalue weighted by atomic mass is 9.86. The van der Waals surface area contributed by atoms with Gasteiger partial charge in [-0.2, -0.15) is 5.26 Å². The van der Waals surface area contributed by atoms with Crippen molar-refractivity contribution >= 4 is 11.6 Å². The van der Waals surface area contributed by atoms with Crippen LogP contribution in [0.4, 0.5) is 5.69 Å². The zero-order valence-corrected chi connectivity index (χ0v) is 11.5. The van der Waals surface area contributed by atoms with E-state index >= 15 is 0 Å². The number of carbonyl (C=O) groups excluding carboxylic acids is 1. The van der Waals surface area contributed by atoms with Gasteiger partial charge in [0.25, 0.3) is 0 Å². The quantitative estimate of drug-likeness (QED) is 0.847.